The molecule has 0 saturated carbocycles. The molecule has 1 aliphatic rings. The fourth-order valence-electron chi connectivity index (χ4n) is 2.30. The first-order valence-electron chi connectivity index (χ1n) is 7.55. The van der Waals surface area contributed by atoms with Crippen molar-refractivity contribution in [2.24, 2.45) is 0 Å². The van der Waals surface area contributed by atoms with E-state index in [1.165, 1.54) is 0 Å². The number of benzene rings is 2. The van der Waals surface area contributed by atoms with Crippen LogP contribution in [-0.2, 0) is 11.3 Å². The summed E-state index contributed by atoms with van der Waals surface area (Å²) in [7, 11) is 0. The second kappa shape index (κ2) is 7.66. The Labute approximate surface area is 144 Å². The van der Waals surface area contributed by atoms with Gasteiger partial charge in [-0.25, -0.2) is 0 Å². The lowest BCUT2D eigenvalue weighted by Crippen LogP contribution is -2.23. The third kappa shape index (κ3) is 4.26. The van der Waals surface area contributed by atoms with Crippen LogP contribution in [0, 0.1) is 0 Å². The minimum atomic E-state index is -0.756. The molecule has 0 fully saturated rings. The summed E-state index contributed by atoms with van der Waals surface area (Å²) in [5.74, 6) is 1.03. The molecule has 6 heteroatoms. The predicted octanol–water partition coefficient (Wildman–Crippen LogP) is 2.87. The van der Waals surface area contributed by atoms with Gasteiger partial charge in [-0.1, -0.05) is 23.7 Å². The number of Topliss-reactive ketones (excluding diaryl/α,β-unsaturated/α-hetero) is 1. The molecule has 2 aromatic carbocycles. The monoisotopic (exact) mass is 348 g/mol. The third-order valence-corrected chi connectivity index (χ3v) is 3.80. The van der Waals surface area contributed by atoms with Crippen LogP contribution in [0.1, 0.15) is 15.9 Å². The Morgan fingerprint density at radius 2 is 1.96 bits per heavy atom. The summed E-state index contributed by atoms with van der Waals surface area (Å²) < 4.78 is 16.2. The van der Waals surface area contributed by atoms with Crippen molar-refractivity contribution in [3.63, 3.8) is 0 Å². The Morgan fingerprint density at radius 3 is 2.75 bits per heavy atom. The van der Waals surface area contributed by atoms with E-state index in [2.05, 4.69) is 0 Å². The van der Waals surface area contributed by atoms with Crippen LogP contribution in [0.4, 0.5) is 0 Å². The van der Waals surface area contributed by atoms with Gasteiger partial charge in [0.05, 0.1) is 18.8 Å². The van der Waals surface area contributed by atoms with Gasteiger partial charge >= 0.3 is 0 Å². The molecule has 0 amide bonds. The van der Waals surface area contributed by atoms with Crippen LogP contribution in [0.25, 0.3) is 0 Å². The second-order valence-electron chi connectivity index (χ2n) is 5.48. The molecule has 0 aromatic heterocycles. The zero-order valence-electron chi connectivity index (χ0n) is 12.9. The molecule has 1 heterocycles. The van der Waals surface area contributed by atoms with Gasteiger partial charge in [0.1, 0.15) is 24.2 Å². The standard InChI is InChI=1S/C18H17ClO5/c19-13-3-1-12(2-4-13)8-22-9-14(20)10-23-15-5-6-16-17(21)11-24-18(16)7-15/h1-7,14,20H,8-11H2. The summed E-state index contributed by atoms with van der Waals surface area (Å²) in [4.78, 5) is 11.5. The molecule has 1 N–H and O–H groups in total. The third-order valence-electron chi connectivity index (χ3n) is 3.55. The van der Waals surface area contributed by atoms with Crippen LogP contribution in [0.15, 0.2) is 42.5 Å². The van der Waals surface area contributed by atoms with Gasteiger partial charge in [0.15, 0.2) is 6.61 Å². The number of carbonyl (C=O) groups excluding carboxylic acids is 1. The number of aliphatic hydroxyl groups excluding tert-OH is 1. The van der Waals surface area contributed by atoms with Crippen molar-refractivity contribution in [3.8, 4) is 11.5 Å². The summed E-state index contributed by atoms with van der Waals surface area (Å²) in [5, 5.41) is 10.6. The molecule has 5 nitrogen and oxygen atoms in total. The van der Waals surface area contributed by atoms with Crippen LogP contribution in [0.3, 0.4) is 0 Å². The largest absolute Gasteiger partial charge is 0.491 e. The van der Waals surface area contributed by atoms with Crippen molar-refractivity contribution in [2.45, 2.75) is 12.7 Å². The quantitative estimate of drug-likeness (QED) is 0.833. The van der Waals surface area contributed by atoms with E-state index in [4.69, 9.17) is 25.8 Å². The van der Waals surface area contributed by atoms with Crippen molar-refractivity contribution in [1.82, 2.24) is 0 Å². The van der Waals surface area contributed by atoms with E-state index < -0.39 is 6.10 Å². The maximum atomic E-state index is 11.5. The van der Waals surface area contributed by atoms with E-state index in [0.717, 1.165) is 5.56 Å². The van der Waals surface area contributed by atoms with E-state index >= 15 is 0 Å². The van der Waals surface area contributed by atoms with E-state index in [0.29, 0.717) is 28.7 Å². The van der Waals surface area contributed by atoms with Crippen LogP contribution in [0.2, 0.25) is 5.02 Å². The number of fused-ring (bicyclic) bond motifs is 1. The predicted molar refractivity (Wildman–Crippen MR) is 88.9 cm³/mol. The fraction of sp³-hybridized carbons (Fsp3) is 0.278. The fourth-order valence-corrected chi connectivity index (χ4v) is 2.42. The lowest BCUT2D eigenvalue weighted by atomic mass is 10.1. The van der Waals surface area contributed by atoms with Gasteiger partial charge in [0, 0.05) is 11.1 Å². The maximum absolute atomic E-state index is 11.5. The molecule has 1 aliphatic heterocycles. The van der Waals surface area contributed by atoms with Gasteiger partial charge in [-0.05, 0) is 29.8 Å². The Kier molecular flexibility index (Phi) is 5.35. The maximum Gasteiger partial charge on any atom is 0.203 e. The van der Waals surface area contributed by atoms with Crippen LogP contribution in [0.5, 0.6) is 11.5 Å². The molecule has 0 saturated heterocycles. The number of ketones is 1. The average molecular weight is 349 g/mol. The van der Waals surface area contributed by atoms with Crippen LogP contribution < -0.4 is 9.47 Å². The van der Waals surface area contributed by atoms with Gasteiger partial charge in [0.25, 0.3) is 0 Å². The molecule has 0 aliphatic carbocycles. The van der Waals surface area contributed by atoms with Crippen molar-refractivity contribution < 1.29 is 24.1 Å². The van der Waals surface area contributed by atoms with Gasteiger partial charge in [-0.15, -0.1) is 0 Å². The smallest absolute Gasteiger partial charge is 0.203 e. The molecule has 2 aromatic rings. The molecular formula is C18H17ClO5. The summed E-state index contributed by atoms with van der Waals surface area (Å²) in [6.45, 7) is 0.707. The minimum absolute atomic E-state index is 0.0350. The number of hydrogen-bond acceptors (Lipinski definition) is 5. The number of halogens is 1. The molecule has 126 valence electrons. The molecule has 1 unspecified atom stereocenters. The SMILES string of the molecule is O=C1COc2cc(OCC(O)COCc3ccc(Cl)cc3)ccc21. The number of rotatable bonds is 7. The zero-order valence-corrected chi connectivity index (χ0v) is 13.7. The molecule has 3 rings (SSSR count). The highest BCUT2D eigenvalue weighted by atomic mass is 35.5. The normalized spacial score (nSPS) is 14.2. The Balaban J connectivity index is 1.42. The highest BCUT2D eigenvalue weighted by Gasteiger charge is 2.21. The van der Waals surface area contributed by atoms with Crippen LogP contribution >= 0.6 is 11.6 Å². The van der Waals surface area contributed by atoms with Crippen molar-refractivity contribution in [2.75, 3.05) is 19.8 Å². The molecule has 0 radical (unpaired) electrons. The summed E-state index contributed by atoms with van der Waals surface area (Å²) in [6, 6.07) is 12.3. The van der Waals surface area contributed by atoms with E-state index in [-0.39, 0.29) is 25.6 Å². The first-order chi connectivity index (χ1) is 11.6. The zero-order chi connectivity index (χ0) is 16.9. The van der Waals surface area contributed by atoms with Crippen molar-refractivity contribution >= 4 is 17.4 Å². The van der Waals surface area contributed by atoms with Crippen molar-refractivity contribution in [3.05, 3.63) is 58.6 Å². The van der Waals surface area contributed by atoms with Crippen molar-refractivity contribution in [1.29, 1.82) is 0 Å². The average Bonchev–Trinajstić information content (AvgIpc) is 2.95. The van der Waals surface area contributed by atoms with E-state index in [1.54, 1.807) is 30.3 Å². The summed E-state index contributed by atoms with van der Waals surface area (Å²) in [6.07, 6.45) is -0.756. The molecule has 24 heavy (non-hydrogen) atoms. The van der Waals surface area contributed by atoms with Gasteiger partial charge in [-0.3, -0.25) is 4.79 Å². The number of hydrogen-bond donors (Lipinski definition) is 1. The second-order valence-corrected chi connectivity index (χ2v) is 5.91. The van der Waals surface area contributed by atoms with E-state index in [1.807, 2.05) is 12.1 Å². The highest BCUT2D eigenvalue weighted by Crippen LogP contribution is 2.29. The molecular weight excluding hydrogens is 332 g/mol. The molecule has 0 bridgehead atoms. The van der Waals surface area contributed by atoms with Gasteiger partial charge < -0.3 is 19.3 Å². The lowest BCUT2D eigenvalue weighted by molar-refractivity contribution is 0.00546. The summed E-state index contributed by atoms with van der Waals surface area (Å²) >= 11 is 5.81. The highest BCUT2D eigenvalue weighted by molar-refractivity contribution is 6.30. The number of ether oxygens (including phenoxy) is 3. The summed E-state index contributed by atoms with van der Waals surface area (Å²) in [5.41, 5.74) is 1.54. The minimum Gasteiger partial charge on any atom is -0.491 e. The Bertz CT molecular complexity index is 714. The molecule has 0 spiro atoms. The molecule has 1 atom stereocenters. The topological polar surface area (TPSA) is 65.0 Å². The number of aliphatic hydroxyl groups is 1. The lowest BCUT2D eigenvalue weighted by Gasteiger charge is -2.13. The first kappa shape index (κ1) is 16.8. The Morgan fingerprint density at radius 1 is 1.17 bits per heavy atom. The first-order valence-corrected chi connectivity index (χ1v) is 7.93. The van der Waals surface area contributed by atoms with Gasteiger partial charge in [-0.2, -0.15) is 0 Å². The van der Waals surface area contributed by atoms with Crippen LogP contribution in [-0.4, -0.2) is 36.8 Å². The van der Waals surface area contributed by atoms with E-state index in [9.17, 15) is 9.90 Å². The van der Waals surface area contributed by atoms with Gasteiger partial charge in [0.2, 0.25) is 5.78 Å². The Hall–Kier alpha value is -2.08. The number of carbonyl (C=O) groups is 1.